The molecule has 0 unspecified atom stereocenters. The quantitative estimate of drug-likeness (QED) is 0.523. The van der Waals surface area contributed by atoms with E-state index in [1.165, 1.54) is 13.2 Å². The van der Waals surface area contributed by atoms with Crippen molar-refractivity contribution < 1.29 is 17.9 Å². The van der Waals surface area contributed by atoms with Gasteiger partial charge in [-0.05, 0) is 56.2 Å². The average molecular weight is 482 g/mol. The summed E-state index contributed by atoms with van der Waals surface area (Å²) in [5, 5.41) is 3.21. The molecule has 0 bridgehead atoms. The third kappa shape index (κ3) is 6.29. The number of carbonyl (C=O) groups is 1. The third-order valence-electron chi connectivity index (χ3n) is 5.24. The molecule has 1 atom stereocenters. The molecule has 0 aromatic heterocycles. The van der Waals surface area contributed by atoms with Crippen LogP contribution in [-0.2, 0) is 21.4 Å². The van der Waals surface area contributed by atoms with Crippen molar-refractivity contribution in [1.82, 2.24) is 5.32 Å². The largest absolute Gasteiger partial charge is 0.495 e. The third-order valence-corrected chi connectivity index (χ3v) is 6.64. The number of sulfonamides is 1. The van der Waals surface area contributed by atoms with Gasteiger partial charge in [-0.2, -0.15) is 0 Å². The highest BCUT2D eigenvalue weighted by molar-refractivity contribution is 7.92. The normalized spacial score (nSPS) is 12.2. The predicted molar refractivity (Wildman–Crippen MR) is 131 cm³/mol. The summed E-state index contributed by atoms with van der Waals surface area (Å²) in [5.41, 5.74) is 2.27. The Bertz CT molecular complexity index is 1010. The summed E-state index contributed by atoms with van der Waals surface area (Å²) in [6.07, 6.45) is 1.34. The van der Waals surface area contributed by atoms with Crippen LogP contribution in [0.1, 0.15) is 32.8 Å². The summed E-state index contributed by atoms with van der Waals surface area (Å²) < 4.78 is 31.8. The van der Waals surface area contributed by atoms with Gasteiger partial charge < -0.3 is 15.0 Å². The lowest BCUT2D eigenvalue weighted by Gasteiger charge is -2.31. The zero-order valence-corrected chi connectivity index (χ0v) is 20.8. The molecular formula is C23H32ClN3O4S. The number of carbonyl (C=O) groups excluding carboxylic acids is 1. The fraction of sp³-hybridized carbons (Fsp3) is 0.435. The van der Waals surface area contributed by atoms with Gasteiger partial charge in [0.05, 0.1) is 19.1 Å². The van der Waals surface area contributed by atoms with Crippen LogP contribution in [-0.4, -0.2) is 46.8 Å². The van der Waals surface area contributed by atoms with Crippen LogP contribution < -0.4 is 19.3 Å². The van der Waals surface area contributed by atoms with Crippen LogP contribution in [0.2, 0.25) is 5.02 Å². The highest BCUT2D eigenvalue weighted by Crippen LogP contribution is 2.34. The van der Waals surface area contributed by atoms with Crippen LogP contribution in [0.4, 0.5) is 11.4 Å². The number of anilines is 2. The fourth-order valence-electron chi connectivity index (χ4n) is 3.59. The van der Waals surface area contributed by atoms with Crippen molar-refractivity contribution in [3.8, 4) is 5.75 Å². The molecule has 2 rings (SSSR count). The van der Waals surface area contributed by atoms with Crippen molar-refractivity contribution in [3.63, 3.8) is 0 Å². The van der Waals surface area contributed by atoms with Gasteiger partial charge in [0.2, 0.25) is 15.9 Å². The first kappa shape index (κ1) is 25.8. The second kappa shape index (κ2) is 11.4. The van der Waals surface area contributed by atoms with Crippen LogP contribution in [0.5, 0.6) is 5.75 Å². The van der Waals surface area contributed by atoms with Gasteiger partial charge in [0.25, 0.3) is 0 Å². The molecule has 0 aliphatic carbocycles. The Hall–Kier alpha value is -2.45. The number of hydrogen-bond donors (Lipinski definition) is 1. The van der Waals surface area contributed by atoms with Crippen molar-refractivity contribution in [3.05, 3.63) is 53.1 Å². The minimum Gasteiger partial charge on any atom is -0.495 e. The summed E-state index contributed by atoms with van der Waals surface area (Å²) >= 11 is 6.11. The van der Waals surface area contributed by atoms with E-state index in [0.29, 0.717) is 10.8 Å². The highest BCUT2D eigenvalue weighted by atomic mass is 35.5. The molecular weight excluding hydrogens is 450 g/mol. The Labute approximate surface area is 196 Å². The zero-order valence-electron chi connectivity index (χ0n) is 19.3. The van der Waals surface area contributed by atoms with Crippen LogP contribution >= 0.6 is 11.6 Å². The van der Waals surface area contributed by atoms with Crippen molar-refractivity contribution in [2.24, 2.45) is 0 Å². The fourth-order valence-corrected chi connectivity index (χ4v) is 4.96. The van der Waals surface area contributed by atoms with Crippen LogP contribution in [0.15, 0.2) is 42.5 Å². The minimum atomic E-state index is -3.80. The molecule has 7 nitrogen and oxygen atoms in total. The molecule has 0 saturated carbocycles. The summed E-state index contributed by atoms with van der Waals surface area (Å²) in [5.74, 6) is -0.0779. The average Bonchev–Trinajstić information content (AvgIpc) is 2.76. The van der Waals surface area contributed by atoms with Gasteiger partial charge in [0.1, 0.15) is 11.8 Å². The van der Waals surface area contributed by atoms with Gasteiger partial charge in [-0.3, -0.25) is 9.10 Å². The van der Waals surface area contributed by atoms with Crippen LogP contribution in [0.3, 0.4) is 0 Å². The number of nitrogens with zero attached hydrogens (tertiary/aromatic N) is 2. The number of benzene rings is 2. The molecule has 1 N–H and O–H groups in total. The van der Waals surface area contributed by atoms with E-state index < -0.39 is 22.0 Å². The predicted octanol–water partition coefficient (Wildman–Crippen LogP) is 4.06. The lowest BCUT2D eigenvalue weighted by Crippen LogP contribution is -2.49. The van der Waals surface area contributed by atoms with E-state index in [1.807, 2.05) is 24.3 Å². The molecule has 0 saturated heterocycles. The lowest BCUT2D eigenvalue weighted by atomic mass is 10.1. The van der Waals surface area contributed by atoms with Gasteiger partial charge in [-0.25, -0.2) is 8.42 Å². The van der Waals surface area contributed by atoms with E-state index >= 15 is 0 Å². The van der Waals surface area contributed by atoms with Gasteiger partial charge in [-0.15, -0.1) is 0 Å². The van der Waals surface area contributed by atoms with E-state index in [2.05, 4.69) is 24.1 Å². The van der Waals surface area contributed by atoms with Crippen molar-refractivity contribution in [2.75, 3.05) is 35.7 Å². The van der Waals surface area contributed by atoms with Crippen molar-refractivity contribution in [2.45, 2.75) is 39.8 Å². The molecule has 2 aromatic rings. The summed E-state index contributed by atoms with van der Waals surface area (Å²) in [6.45, 7) is 8.09. The summed E-state index contributed by atoms with van der Waals surface area (Å²) in [7, 11) is -2.36. The Morgan fingerprint density at radius 3 is 2.22 bits per heavy atom. The first-order chi connectivity index (χ1) is 15.2. The van der Waals surface area contributed by atoms with Crippen LogP contribution in [0, 0.1) is 0 Å². The van der Waals surface area contributed by atoms with Crippen molar-refractivity contribution >= 4 is 38.9 Å². The zero-order chi connectivity index (χ0) is 23.9. The molecule has 0 fully saturated rings. The molecule has 0 aliphatic rings. The van der Waals surface area contributed by atoms with E-state index in [9.17, 15) is 13.2 Å². The number of hydrogen-bond acceptors (Lipinski definition) is 5. The number of nitrogens with one attached hydrogen (secondary N) is 1. The molecule has 0 aliphatic heterocycles. The van der Waals surface area contributed by atoms with Crippen molar-refractivity contribution in [1.29, 1.82) is 0 Å². The van der Waals surface area contributed by atoms with E-state index in [-0.39, 0.29) is 18.7 Å². The van der Waals surface area contributed by atoms with Crippen LogP contribution in [0.25, 0.3) is 0 Å². The Morgan fingerprint density at radius 1 is 1.09 bits per heavy atom. The van der Waals surface area contributed by atoms with E-state index in [4.69, 9.17) is 16.3 Å². The first-order valence-electron chi connectivity index (χ1n) is 10.6. The standard InChI is InChI=1S/C23H32ClN3O4S/c1-6-20(27(32(5,29)30)21-15-18(24)11-14-22(21)31-4)23(28)25-16-17-9-12-19(13-10-17)26(7-2)8-3/h9-15,20H,6-8,16H2,1-5H3,(H,25,28)/t20-/m0/s1. The molecule has 2 aromatic carbocycles. The topological polar surface area (TPSA) is 79.0 Å². The maximum atomic E-state index is 13.1. The Morgan fingerprint density at radius 2 is 1.72 bits per heavy atom. The van der Waals surface area contributed by atoms with Gasteiger partial charge in [0.15, 0.2) is 0 Å². The molecule has 0 radical (unpaired) electrons. The molecule has 0 spiro atoms. The maximum absolute atomic E-state index is 13.1. The number of halogens is 1. The monoisotopic (exact) mass is 481 g/mol. The van der Waals surface area contributed by atoms with Gasteiger partial charge >= 0.3 is 0 Å². The van der Waals surface area contributed by atoms with Gasteiger partial charge in [-0.1, -0.05) is 30.7 Å². The number of rotatable bonds is 11. The highest BCUT2D eigenvalue weighted by Gasteiger charge is 2.33. The smallest absolute Gasteiger partial charge is 0.244 e. The SMILES string of the molecule is CC[C@@H](C(=O)NCc1ccc(N(CC)CC)cc1)N(c1cc(Cl)ccc1OC)S(C)(=O)=O. The second-order valence-corrected chi connectivity index (χ2v) is 9.65. The number of methoxy groups -OCH3 is 1. The molecule has 176 valence electrons. The number of ether oxygens (including phenoxy) is 1. The Balaban J connectivity index is 2.25. The molecule has 32 heavy (non-hydrogen) atoms. The van der Waals surface area contributed by atoms with E-state index in [1.54, 1.807) is 19.1 Å². The lowest BCUT2D eigenvalue weighted by molar-refractivity contribution is -0.122. The second-order valence-electron chi connectivity index (χ2n) is 7.36. The molecule has 1 amide bonds. The number of amides is 1. The Kier molecular flexibility index (Phi) is 9.21. The minimum absolute atomic E-state index is 0.230. The molecule has 0 heterocycles. The van der Waals surface area contributed by atoms with Gasteiger partial charge in [0, 0.05) is 30.3 Å². The molecule has 9 heteroatoms. The summed E-state index contributed by atoms with van der Waals surface area (Å²) in [4.78, 5) is 15.3. The maximum Gasteiger partial charge on any atom is 0.244 e. The van der Waals surface area contributed by atoms with E-state index in [0.717, 1.165) is 34.9 Å². The summed E-state index contributed by atoms with van der Waals surface area (Å²) in [6, 6.07) is 11.7. The first-order valence-corrected chi connectivity index (χ1v) is 12.8.